The maximum atomic E-state index is 5.02. The summed E-state index contributed by atoms with van der Waals surface area (Å²) >= 11 is 0. The molecule has 0 radical (unpaired) electrons. The van der Waals surface area contributed by atoms with Crippen molar-refractivity contribution in [3.8, 4) is 0 Å². The lowest BCUT2D eigenvalue weighted by molar-refractivity contribution is 0.199. The molecule has 114 valence electrons. The predicted octanol–water partition coefficient (Wildman–Crippen LogP) is 2.61. The molecule has 1 aromatic heterocycles. The van der Waals surface area contributed by atoms with Gasteiger partial charge in [-0.05, 0) is 36.5 Å². The molecule has 1 rings (SSSR count). The van der Waals surface area contributed by atoms with Crippen molar-refractivity contribution >= 4 is 5.82 Å². The van der Waals surface area contributed by atoms with E-state index in [0.29, 0.717) is 0 Å². The number of rotatable bonds is 9. The number of nitrogens with one attached hydrogen (secondary N) is 1. The van der Waals surface area contributed by atoms with Crippen molar-refractivity contribution in [2.45, 2.75) is 33.7 Å². The van der Waals surface area contributed by atoms with E-state index in [0.717, 1.165) is 38.0 Å². The van der Waals surface area contributed by atoms with E-state index in [1.165, 1.54) is 17.5 Å². The van der Waals surface area contributed by atoms with Crippen LogP contribution in [0.25, 0.3) is 0 Å². The van der Waals surface area contributed by atoms with Gasteiger partial charge in [-0.15, -0.1) is 0 Å². The molecular weight excluding hydrogens is 250 g/mol. The van der Waals surface area contributed by atoms with Crippen LogP contribution in [0.3, 0.4) is 0 Å². The minimum Gasteiger partial charge on any atom is -0.383 e. The van der Waals surface area contributed by atoms with Gasteiger partial charge in [-0.2, -0.15) is 0 Å². The average molecular weight is 279 g/mol. The lowest BCUT2D eigenvalue weighted by Crippen LogP contribution is -2.22. The predicted molar refractivity (Wildman–Crippen MR) is 85.3 cm³/mol. The number of anilines is 1. The van der Waals surface area contributed by atoms with E-state index in [2.05, 4.69) is 49.1 Å². The van der Waals surface area contributed by atoms with E-state index < -0.39 is 0 Å². The molecule has 0 amide bonds. The zero-order chi connectivity index (χ0) is 15.0. The number of ether oxygens (including phenoxy) is 1. The smallest absolute Gasteiger partial charge is 0.131 e. The second-order valence-corrected chi connectivity index (χ2v) is 5.76. The summed E-state index contributed by atoms with van der Waals surface area (Å²) in [7, 11) is 3.84. The van der Waals surface area contributed by atoms with E-state index in [4.69, 9.17) is 4.74 Å². The van der Waals surface area contributed by atoms with E-state index >= 15 is 0 Å². The third-order valence-corrected chi connectivity index (χ3v) is 3.32. The van der Waals surface area contributed by atoms with Gasteiger partial charge in [-0.1, -0.05) is 13.8 Å². The largest absolute Gasteiger partial charge is 0.383 e. The van der Waals surface area contributed by atoms with E-state index in [9.17, 15) is 0 Å². The lowest BCUT2D eigenvalue weighted by Gasteiger charge is -2.21. The Labute approximate surface area is 123 Å². The minimum atomic E-state index is 0.724. The van der Waals surface area contributed by atoms with E-state index in [1.54, 1.807) is 7.11 Å². The fourth-order valence-electron chi connectivity index (χ4n) is 2.09. The number of aryl methyl sites for hydroxylation is 1. The molecule has 0 aromatic carbocycles. The number of hydrogen-bond acceptors (Lipinski definition) is 4. The Balaban J connectivity index is 2.54. The first-order valence-corrected chi connectivity index (χ1v) is 7.41. The highest BCUT2D eigenvalue weighted by molar-refractivity contribution is 5.46. The van der Waals surface area contributed by atoms with Crippen molar-refractivity contribution in [2.75, 3.05) is 38.8 Å². The first kappa shape index (κ1) is 16.9. The van der Waals surface area contributed by atoms with Crippen LogP contribution < -0.4 is 10.2 Å². The Bertz CT molecular complexity index is 393. The normalized spacial score (nSPS) is 11.1. The highest BCUT2D eigenvalue weighted by Crippen LogP contribution is 2.17. The molecule has 1 heterocycles. The quantitative estimate of drug-likeness (QED) is 0.705. The fraction of sp³-hybridized carbons (Fsp3) is 0.688. The van der Waals surface area contributed by atoms with Crippen LogP contribution in [0.2, 0.25) is 0 Å². The molecule has 0 aliphatic rings. The molecule has 0 bridgehead atoms. The van der Waals surface area contributed by atoms with Gasteiger partial charge in [0.25, 0.3) is 0 Å². The van der Waals surface area contributed by atoms with E-state index in [-0.39, 0.29) is 0 Å². The Hall–Kier alpha value is -1.13. The summed E-state index contributed by atoms with van der Waals surface area (Å²) in [5, 5.41) is 3.34. The minimum absolute atomic E-state index is 0.724. The van der Waals surface area contributed by atoms with Crippen LogP contribution >= 0.6 is 0 Å². The highest BCUT2D eigenvalue weighted by Gasteiger charge is 2.07. The van der Waals surface area contributed by atoms with Crippen LogP contribution in [-0.2, 0) is 11.3 Å². The maximum absolute atomic E-state index is 5.02. The maximum Gasteiger partial charge on any atom is 0.131 e. The third-order valence-electron chi connectivity index (χ3n) is 3.32. The van der Waals surface area contributed by atoms with Gasteiger partial charge in [0.1, 0.15) is 5.82 Å². The zero-order valence-electron chi connectivity index (χ0n) is 13.6. The summed E-state index contributed by atoms with van der Waals surface area (Å²) in [6, 6.07) is 2.22. The molecule has 0 fully saturated rings. The Morgan fingerprint density at radius 1 is 1.40 bits per heavy atom. The Morgan fingerprint density at radius 2 is 2.15 bits per heavy atom. The van der Waals surface area contributed by atoms with Crippen LogP contribution in [0.5, 0.6) is 0 Å². The molecule has 0 saturated carbocycles. The summed E-state index contributed by atoms with van der Waals surface area (Å²) < 4.78 is 5.02. The fourth-order valence-corrected chi connectivity index (χ4v) is 2.09. The van der Waals surface area contributed by atoms with Gasteiger partial charge in [-0.3, -0.25) is 0 Å². The number of pyridine rings is 1. The van der Waals surface area contributed by atoms with Gasteiger partial charge in [-0.25, -0.2) is 4.98 Å². The summed E-state index contributed by atoms with van der Waals surface area (Å²) in [5.41, 5.74) is 2.46. The van der Waals surface area contributed by atoms with Crippen LogP contribution in [0.1, 0.15) is 31.4 Å². The molecule has 0 aliphatic heterocycles. The van der Waals surface area contributed by atoms with Gasteiger partial charge in [0.05, 0.1) is 6.61 Å². The molecule has 4 nitrogen and oxygen atoms in total. The van der Waals surface area contributed by atoms with Crippen molar-refractivity contribution < 1.29 is 4.74 Å². The average Bonchev–Trinajstić information content (AvgIpc) is 2.41. The van der Waals surface area contributed by atoms with Gasteiger partial charge in [0.15, 0.2) is 0 Å². The van der Waals surface area contributed by atoms with Crippen LogP contribution in [0.15, 0.2) is 12.3 Å². The molecule has 0 saturated heterocycles. The van der Waals surface area contributed by atoms with E-state index in [1.807, 2.05) is 6.20 Å². The highest BCUT2D eigenvalue weighted by atomic mass is 16.5. The number of nitrogens with zero attached hydrogens (tertiary/aromatic N) is 2. The van der Waals surface area contributed by atoms with Crippen molar-refractivity contribution in [1.29, 1.82) is 0 Å². The lowest BCUT2D eigenvalue weighted by atomic mass is 10.1. The summed E-state index contributed by atoms with van der Waals surface area (Å²) in [6.07, 6.45) is 3.16. The number of hydrogen-bond donors (Lipinski definition) is 1. The summed E-state index contributed by atoms with van der Waals surface area (Å²) in [4.78, 5) is 6.86. The molecule has 0 aliphatic carbocycles. The first-order chi connectivity index (χ1) is 9.54. The van der Waals surface area contributed by atoms with Gasteiger partial charge < -0.3 is 15.0 Å². The van der Waals surface area contributed by atoms with Gasteiger partial charge >= 0.3 is 0 Å². The zero-order valence-corrected chi connectivity index (χ0v) is 13.6. The molecule has 1 aromatic rings. The SMILES string of the molecule is COCCNCc1cnc(N(C)CCC(C)C)c(C)c1. The number of aromatic nitrogens is 1. The van der Waals surface area contributed by atoms with Gasteiger partial charge in [0.2, 0.25) is 0 Å². The van der Waals surface area contributed by atoms with Crippen molar-refractivity contribution in [1.82, 2.24) is 10.3 Å². The number of methoxy groups -OCH3 is 1. The van der Waals surface area contributed by atoms with Crippen molar-refractivity contribution in [3.63, 3.8) is 0 Å². The Kier molecular flexibility index (Phi) is 7.55. The van der Waals surface area contributed by atoms with Crippen molar-refractivity contribution in [2.24, 2.45) is 5.92 Å². The van der Waals surface area contributed by atoms with Crippen molar-refractivity contribution in [3.05, 3.63) is 23.4 Å². The molecule has 1 N–H and O–H groups in total. The topological polar surface area (TPSA) is 37.4 Å². The van der Waals surface area contributed by atoms with Gasteiger partial charge in [0, 0.05) is 40.0 Å². The first-order valence-electron chi connectivity index (χ1n) is 7.41. The summed E-state index contributed by atoms with van der Waals surface area (Å²) in [5.74, 6) is 1.81. The second kappa shape index (κ2) is 8.93. The molecule has 20 heavy (non-hydrogen) atoms. The van der Waals surface area contributed by atoms with Crippen LogP contribution in [0, 0.1) is 12.8 Å². The molecule has 0 unspecified atom stereocenters. The standard InChI is InChI=1S/C16H29N3O/c1-13(2)6-8-19(4)16-14(3)10-15(12-18-16)11-17-7-9-20-5/h10,12-13,17H,6-9,11H2,1-5H3. The summed E-state index contributed by atoms with van der Waals surface area (Å²) in [6.45, 7) is 10.1. The second-order valence-electron chi connectivity index (χ2n) is 5.76. The third kappa shape index (κ3) is 5.88. The molecule has 0 spiro atoms. The molecule has 0 atom stereocenters. The Morgan fingerprint density at radius 3 is 2.75 bits per heavy atom. The monoisotopic (exact) mass is 279 g/mol. The van der Waals surface area contributed by atoms with Crippen LogP contribution in [-0.4, -0.2) is 38.8 Å². The molecule has 4 heteroatoms. The molecular formula is C16H29N3O. The van der Waals surface area contributed by atoms with Crippen LogP contribution in [0.4, 0.5) is 5.82 Å².